The highest BCUT2D eigenvalue weighted by Crippen LogP contribution is 2.36. The quantitative estimate of drug-likeness (QED) is 0.560. The summed E-state index contributed by atoms with van der Waals surface area (Å²) >= 11 is 2.12. The van der Waals surface area contributed by atoms with Crippen LogP contribution >= 0.6 is 22.6 Å². The van der Waals surface area contributed by atoms with E-state index in [-0.39, 0.29) is 18.4 Å². The highest BCUT2D eigenvalue weighted by atomic mass is 127. The fourth-order valence-corrected chi connectivity index (χ4v) is 3.83. The van der Waals surface area contributed by atoms with E-state index in [2.05, 4.69) is 40.1 Å². The van der Waals surface area contributed by atoms with Crippen molar-refractivity contribution in [1.29, 1.82) is 0 Å². The molecule has 1 spiro atoms. The maximum absolute atomic E-state index is 12.7. The second-order valence-corrected chi connectivity index (χ2v) is 7.78. The van der Waals surface area contributed by atoms with Gasteiger partial charge in [0.15, 0.2) is 0 Å². The van der Waals surface area contributed by atoms with Gasteiger partial charge in [0, 0.05) is 3.57 Å². The van der Waals surface area contributed by atoms with Crippen molar-refractivity contribution >= 4 is 46.1 Å². The van der Waals surface area contributed by atoms with Crippen molar-refractivity contribution in [2.24, 2.45) is 5.92 Å². The van der Waals surface area contributed by atoms with Crippen LogP contribution in [0.1, 0.15) is 32.6 Å². The van der Waals surface area contributed by atoms with Crippen molar-refractivity contribution in [2.75, 3.05) is 11.9 Å². The summed E-state index contributed by atoms with van der Waals surface area (Å²) in [6.07, 6.45) is 3.11. The molecule has 128 valence electrons. The summed E-state index contributed by atoms with van der Waals surface area (Å²) in [5.41, 5.74) is -0.123. The highest BCUT2D eigenvalue weighted by Gasteiger charge is 2.52. The minimum atomic E-state index is -0.801. The van der Waals surface area contributed by atoms with Gasteiger partial charge in [-0.05, 0) is 66.3 Å². The minimum Gasteiger partial charge on any atom is -0.324 e. The Labute approximate surface area is 154 Å². The molecular formula is C17H20IN3O3. The van der Waals surface area contributed by atoms with E-state index in [9.17, 15) is 14.4 Å². The van der Waals surface area contributed by atoms with Crippen LogP contribution in [0.2, 0.25) is 0 Å². The van der Waals surface area contributed by atoms with Crippen LogP contribution in [-0.2, 0) is 9.59 Å². The Kier molecular flexibility index (Phi) is 4.80. The smallest absolute Gasteiger partial charge is 0.324 e. The predicted octanol–water partition coefficient (Wildman–Crippen LogP) is 2.73. The van der Waals surface area contributed by atoms with Crippen LogP contribution in [0.5, 0.6) is 0 Å². The van der Waals surface area contributed by atoms with E-state index in [0.717, 1.165) is 21.3 Å². The number of nitrogens with zero attached hydrogens (tertiary/aromatic N) is 1. The second kappa shape index (κ2) is 6.70. The summed E-state index contributed by atoms with van der Waals surface area (Å²) in [7, 11) is 0. The molecule has 1 saturated carbocycles. The number of hydrogen-bond donors (Lipinski definition) is 2. The molecule has 0 bridgehead atoms. The molecule has 1 saturated heterocycles. The van der Waals surface area contributed by atoms with E-state index in [1.54, 1.807) is 6.07 Å². The zero-order valence-corrected chi connectivity index (χ0v) is 15.6. The molecule has 0 aromatic heterocycles. The number of benzene rings is 1. The first-order valence-electron chi connectivity index (χ1n) is 8.10. The van der Waals surface area contributed by atoms with Gasteiger partial charge in [0.1, 0.15) is 12.1 Å². The van der Waals surface area contributed by atoms with Crippen LogP contribution < -0.4 is 10.6 Å². The van der Waals surface area contributed by atoms with Gasteiger partial charge in [-0.25, -0.2) is 4.79 Å². The van der Waals surface area contributed by atoms with Crippen molar-refractivity contribution in [3.05, 3.63) is 27.8 Å². The first kappa shape index (κ1) is 17.2. The van der Waals surface area contributed by atoms with Crippen molar-refractivity contribution in [2.45, 2.75) is 38.1 Å². The first-order valence-corrected chi connectivity index (χ1v) is 9.18. The summed E-state index contributed by atoms with van der Waals surface area (Å²) in [6, 6.07) is 6.90. The Hall–Kier alpha value is -1.64. The molecule has 1 aliphatic heterocycles. The van der Waals surface area contributed by atoms with Gasteiger partial charge in [-0.2, -0.15) is 0 Å². The van der Waals surface area contributed by atoms with E-state index in [4.69, 9.17) is 0 Å². The molecular weight excluding hydrogens is 421 g/mol. The topological polar surface area (TPSA) is 78.5 Å². The third-order valence-corrected chi connectivity index (χ3v) is 5.76. The zero-order chi connectivity index (χ0) is 17.3. The number of urea groups is 1. The SMILES string of the molecule is CC1CCC2(CC1)NC(=O)N(CC(=O)Nc1ccccc1I)C2=O. The molecule has 24 heavy (non-hydrogen) atoms. The van der Waals surface area contributed by atoms with Gasteiger partial charge in [-0.15, -0.1) is 0 Å². The van der Waals surface area contributed by atoms with Crippen LogP contribution in [-0.4, -0.2) is 34.8 Å². The molecule has 3 rings (SSSR count). The Morgan fingerprint density at radius 1 is 1.33 bits per heavy atom. The van der Waals surface area contributed by atoms with Gasteiger partial charge >= 0.3 is 6.03 Å². The molecule has 7 heteroatoms. The van der Waals surface area contributed by atoms with E-state index in [0.29, 0.717) is 24.4 Å². The molecule has 0 atom stereocenters. The molecule has 1 aromatic rings. The number of carbonyl (C=O) groups is 3. The van der Waals surface area contributed by atoms with Crippen molar-refractivity contribution in [3.63, 3.8) is 0 Å². The van der Waals surface area contributed by atoms with Crippen molar-refractivity contribution in [3.8, 4) is 0 Å². The molecule has 0 unspecified atom stereocenters. The average Bonchev–Trinajstić information content (AvgIpc) is 2.77. The third kappa shape index (κ3) is 3.26. The summed E-state index contributed by atoms with van der Waals surface area (Å²) in [5, 5.41) is 5.58. The van der Waals surface area contributed by atoms with Crippen LogP contribution in [0.3, 0.4) is 0 Å². The number of para-hydroxylation sites is 1. The third-order valence-electron chi connectivity index (χ3n) is 4.82. The standard InChI is InChI=1S/C17H20IN3O3/c1-11-6-8-17(9-7-11)15(23)21(16(24)20-17)10-14(22)19-13-5-3-2-4-12(13)18/h2-5,11H,6-10H2,1H3,(H,19,22)(H,20,24). The molecule has 4 amide bonds. The van der Waals surface area contributed by atoms with Gasteiger partial charge in [0.05, 0.1) is 5.69 Å². The Bertz CT molecular complexity index is 683. The number of rotatable bonds is 3. The van der Waals surface area contributed by atoms with Gasteiger partial charge < -0.3 is 10.6 Å². The number of hydrogen-bond acceptors (Lipinski definition) is 3. The van der Waals surface area contributed by atoms with Gasteiger partial charge in [0.25, 0.3) is 5.91 Å². The molecule has 1 heterocycles. The number of nitrogens with one attached hydrogen (secondary N) is 2. The number of amides is 4. The summed E-state index contributed by atoms with van der Waals surface area (Å²) in [5.74, 6) is -0.0704. The van der Waals surface area contributed by atoms with E-state index in [1.807, 2.05) is 18.2 Å². The van der Waals surface area contributed by atoms with Crippen LogP contribution in [0.4, 0.5) is 10.5 Å². The zero-order valence-electron chi connectivity index (χ0n) is 13.5. The van der Waals surface area contributed by atoms with Crippen molar-refractivity contribution in [1.82, 2.24) is 10.2 Å². The van der Waals surface area contributed by atoms with E-state index < -0.39 is 11.6 Å². The van der Waals surface area contributed by atoms with E-state index >= 15 is 0 Å². The monoisotopic (exact) mass is 441 g/mol. The van der Waals surface area contributed by atoms with Gasteiger partial charge in [-0.1, -0.05) is 19.1 Å². The molecule has 2 N–H and O–H groups in total. The molecule has 1 aromatic carbocycles. The Morgan fingerprint density at radius 3 is 2.67 bits per heavy atom. The second-order valence-electron chi connectivity index (χ2n) is 6.61. The van der Waals surface area contributed by atoms with Crippen LogP contribution in [0, 0.1) is 9.49 Å². The fraction of sp³-hybridized carbons (Fsp3) is 0.471. The molecule has 0 radical (unpaired) electrons. The molecule has 6 nitrogen and oxygen atoms in total. The number of anilines is 1. The Morgan fingerprint density at radius 2 is 2.00 bits per heavy atom. The maximum atomic E-state index is 12.7. The van der Waals surface area contributed by atoms with Gasteiger partial charge in [0.2, 0.25) is 5.91 Å². The minimum absolute atomic E-state index is 0.257. The molecule has 2 aliphatic rings. The normalized spacial score (nSPS) is 26.6. The average molecular weight is 441 g/mol. The summed E-state index contributed by atoms with van der Waals surface area (Å²) < 4.78 is 0.901. The van der Waals surface area contributed by atoms with Crippen LogP contribution in [0.25, 0.3) is 0 Å². The van der Waals surface area contributed by atoms with Gasteiger partial charge in [-0.3, -0.25) is 14.5 Å². The predicted molar refractivity (Wildman–Crippen MR) is 98.4 cm³/mol. The summed E-state index contributed by atoms with van der Waals surface area (Å²) in [4.78, 5) is 38.2. The summed E-state index contributed by atoms with van der Waals surface area (Å²) in [6.45, 7) is 1.90. The lowest BCUT2D eigenvalue weighted by Crippen LogP contribution is -2.49. The number of halogens is 1. The fourth-order valence-electron chi connectivity index (χ4n) is 3.31. The molecule has 1 aliphatic carbocycles. The Balaban J connectivity index is 1.67. The lowest BCUT2D eigenvalue weighted by molar-refractivity contribution is -0.135. The maximum Gasteiger partial charge on any atom is 0.325 e. The lowest BCUT2D eigenvalue weighted by atomic mass is 9.77. The highest BCUT2D eigenvalue weighted by molar-refractivity contribution is 14.1. The van der Waals surface area contributed by atoms with Crippen molar-refractivity contribution < 1.29 is 14.4 Å². The largest absolute Gasteiger partial charge is 0.325 e. The number of imide groups is 1. The first-order chi connectivity index (χ1) is 11.4. The number of carbonyl (C=O) groups excluding carboxylic acids is 3. The molecule has 2 fully saturated rings. The van der Waals surface area contributed by atoms with Crippen LogP contribution in [0.15, 0.2) is 24.3 Å². The lowest BCUT2D eigenvalue weighted by Gasteiger charge is -2.33. The van der Waals surface area contributed by atoms with E-state index in [1.165, 1.54) is 0 Å².